The highest BCUT2D eigenvalue weighted by molar-refractivity contribution is 5.58. The van der Waals surface area contributed by atoms with E-state index in [1.807, 2.05) is 16.8 Å². The van der Waals surface area contributed by atoms with Crippen LogP contribution in [0.1, 0.15) is 49.6 Å². The average molecular weight is 423 g/mol. The Morgan fingerprint density at radius 2 is 1.90 bits per heavy atom. The second-order valence-electron chi connectivity index (χ2n) is 8.38. The van der Waals surface area contributed by atoms with Gasteiger partial charge in [0.1, 0.15) is 12.0 Å². The lowest BCUT2D eigenvalue weighted by molar-refractivity contribution is -0.0381. The zero-order valence-electron chi connectivity index (χ0n) is 18.5. The van der Waals surface area contributed by atoms with Crippen molar-refractivity contribution in [2.75, 3.05) is 5.32 Å². The highest BCUT2D eigenvalue weighted by Gasteiger charge is 2.30. The van der Waals surface area contributed by atoms with Crippen molar-refractivity contribution in [1.29, 1.82) is 0 Å². The first-order valence-corrected chi connectivity index (χ1v) is 10.8. The van der Waals surface area contributed by atoms with Crippen LogP contribution in [-0.4, -0.2) is 48.3 Å². The van der Waals surface area contributed by atoms with E-state index in [1.54, 1.807) is 24.8 Å². The Balaban J connectivity index is 1.42. The Hall–Kier alpha value is -2.84. The number of rotatable bonds is 6. The number of nitrogens with one attached hydrogen (secondary N) is 1. The minimum atomic E-state index is -0.812. The molecule has 31 heavy (non-hydrogen) atoms. The first-order chi connectivity index (χ1) is 14.9. The molecule has 0 spiro atoms. The molecule has 3 unspecified atom stereocenters. The van der Waals surface area contributed by atoms with Crippen LogP contribution in [0.3, 0.4) is 0 Å². The van der Waals surface area contributed by atoms with Crippen LogP contribution < -0.4 is 5.32 Å². The molecule has 0 radical (unpaired) electrons. The fourth-order valence-corrected chi connectivity index (χ4v) is 4.58. The van der Waals surface area contributed by atoms with Gasteiger partial charge in [-0.1, -0.05) is 0 Å². The lowest BCUT2D eigenvalue weighted by Gasteiger charge is -2.32. The zero-order valence-corrected chi connectivity index (χ0v) is 18.5. The maximum Gasteiger partial charge on any atom is 0.145 e. The van der Waals surface area contributed by atoms with Crippen LogP contribution in [0.5, 0.6) is 0 Å². The number of aliphatic hydroxyl groups excluding tert-OH is 1. The number of pyridine rings is 1. The van der Waals surface area contributed by atoms with E-state index in [2.05, 4.69) is 48.0 Å². The summed E-state index contributed by atoms with van der Waals surface area (Å²) in [4.78, 5) is 12.7. The summed E-state index contributed by atoms with van der Waals surface area (Å²) in [6, 6.07) is 3.73. The summed E-state index contributed by atoms with van der Waals surface area (Å²) < 4.78 is 7.79. The number of aliphatic hydroxyl groups is 1. The monoisotopic (exact) mass is 422 g/mol. The highest BCUT2D eigenvalue weighted by Crippen LogP contribution is 2.36. The highest BCUT2D eigenvalue weighted by atomic mass is 16.5. The fraction of sp³-hybridized carbons (Fsp3) is 0.478. The first-order valence-electron chi connectivity index (χ1n) is 10.8. The largest absolute Gasteiger partial charge is 0.376 e. The molecule has 0 saturated carbocycles. The van der Waals surface area contributed by atoms with Gasteiger partial charge in [0.05, 0.1) is 36.3 Å². The number of hydrogen-bond donors (Lipinski definition) is 2. The molecular weight excluding hydrogens is 392 g/mol. The second-order valence-corrected chi connectivity index (χ2v) is 8.38. The van der Waals surface area contributed by atoms with E-state index in [-0.39, 0.29) is 12.2 Å². The molecule has 0 aliphatic carbocycles. The molecule has 3 aromatic heterocycles. The Bertz CT molecular complexity index is 995. The van der Waals surface area contributed by atoms with Crippen LogP contribution in [0.2, 0.25) is 0 Å². The SMILES string of the molecule is Cc1nn(CC(O)Nc2ccc(-c3cnccn3)cn2)c(C)c1C1CC(C)OC(C)C1. The van der Waals surface area contributed by atoms with Gasteiger partial charge in [-0.25, -0.2) is 4.98 Å². The van der Waals surface area contributed by atoms with E-state index in [4.69, 9.17) is 9.84 Å². The number of hydrogen-bond acceptors (Lipinski definition) is 7. The fourth-order valence-electron chi connectivity index (χ4n) is 4.58. The van der Waals surface area contributed by atoms with E-state index in [0.29, 0.717) is 18.3 Å². The molecule has 1 aliphatic rings. The number of aromatic nitrogens is 5. The maximum atomic E-state index is 10.6. The minimum Gasteiger partial charge on any atom is -0.376 e. The van der Waals surface area contributed by atoms with Crippen molar-refractivity contribution < 1.29 is 9.84 Å². The van der Waals surface area contributed by atoms with E-state index in [0.717, 1.165) is 35.5 Å². The normalized spacial score (nSPS) is 22.3. The molecule has 1 aliphatic heterocycles. The van der Waals surface area contributed by atoms with Crippen molar-refractivity contribution in [3.63, 3.8) is 0 Å². The van der Waals surface area contributed by atoms with Gasteiger partial charge in [-0.05, 0) is 64.2 Å². The molecule has 4 rings (SSSR count). The Labute approximate surface area is 182 Å². The summed E-state index contributed by atoms with van der Waals surface area (Å²) in [5, 5.41) is 18.4. The molecule has 8 heteroatoms. The number of anilines is 1. The van der Waals surface area contributed by atoms with E-state index in [9.17, 15) is 5.11 Å². The number of nitrogens with zero attached hydrogens (tertiary/aromatic N) is 5. The minimum absolute atomic E-state index is 0.249. The Kier molecular flexibility index (Phi) is 6.29. The molecule has 3 atom stereocenters. The molecule has 0 aromatic carbocycles. The molecule has 1 fully saturated rings. The van der Waals surface area contributed by atoms with Crippen LogP contribution in [0.25, 0.3) is 11.3 Å². The first kappa shape index (κ1) is 21.4. The van der Waals surface area contributed by atoms with Crippen molar-refractivity contribution in [2.45, 2.75) is 71.4 Å². The summed E-state index contributed by atoms with van der Waals surface area (Å²) in [5.74, 6) is 1.03. The van der Waals surface area contributed by atoms with Crippen molar-refractivity contribution in [2.24, 2.45) is 0 Å². The number of ether oxygens (including phenoxy) is 1. The van der Waals surface area contributed by atoms with Crippen molar-refractivity contribution >= 4 is 5.82 Å². The van der Waals surface area contributed by atoms with E-state index < -0.39 is 6.23 Å². The van der Waals surface area contributed by atoms with Gasteiger partial charge in [0, 0.05) is 29.8 Å². The molecule has 4 heterocycles. The van der Waals surface area contributed by atoms with Crippen LogP contribution in [-0.2, 0) is 11.3 Å². The van der Waals surface area contributed by atoms with Crippen molar-refractivity contribution in [3.05, 3.63) is 53.9 Å². The average Bonchev–Trinajstić information content (AvgIpc) is 3.01. The molecule has 2 N–H and O–H groups in total. The molecule has 1 saturated heterocycles. The lowest BCUT2D eigenvalue weighted by Crippen LogP contribution is -2.29. The van der Waals surface area contributed by atoms with Crippen LogP contribution in [0.15, 0.2) is 36.9 Å². The molecular formula is C23H30N6O2. The maximum absolute atomic E-state index is 10.6. The van der Waals surface area contributed by atoms with Gasteiger partial charge < -0.3 is 15.2 Å². The van der Waals surface area contributed by atoms with Crippen molar-refractivity contribution in [3.8, 4) is 11.3 Å². The molecule has 3 aromatic rings. The van der Waals surface area contributed by atoms with Crippen LogP contribution in [0.4, 0.5) is 5.82 Å². The zero-order chi connectivity index (χ0) is 22.0. The van der Waals surface area contributed by atoms with Crippen LogP contribution >= 0.6 is 0 Å². The third kappa shape index (κ3) is 4.91. The second kappa shape index (κ2) is 9.11. The van der Waals surface area contributed by atoms with E-state index in [1.165, 1.54) is 5.56 Å². The lowest BCUT2D eigenvalue weighted by atomic mass is 9.85. The smallest absolute Gasteiger partial charge is 0.145 e. The van der Waals surface area contributed by atoms with Gasteiger partial charge in [0.2, 0.25) is 0 Å². The van der Waals surface area contributed by atoms with E-state index >= 15 is 0 Å². The van der Waals surface area contributed by atoms with Gasteiger partial charge in [0.15, 0.2) is 0 Å². The molecule has 164 valence electrons. The van der Waals surface area contributed by atoms with Gasteiger partial charge in [0.25, 0.3) is 0 Å². The Morgan fingerprint density at radius 3 is 2.55 bits per heavy atom. The predicted molar refractivity (Wildman–Crippen MR) is 119 cm³/mol. The molecule has 0 amide bonds. The topological polar surface area (TPSA) is 98.0 Å². The Morgan fingerprint density at radius 1 is 1.13 bits per heavy atom. The van der Waals surface area contributed by atoms with Gasteiger partial charge >= 0.3 is 0 Å². The predicted octanol–water partition coefficient (Wildman–Crippen LogP) is 3.45. The quantitative estimate of drug-likeness (QED) is 0.587. The standard InChI is InChI=1S/C23H30N6O2/c1-14-9-19(10-15(2)31-14)23-16(3)28-29(17(23)4)13-22(30)27-21-6-5-18(11-26-21)20-12-24-7-8-25-20/h5-8,11-12,14-15,19,22,30H,9-10,13H2,1-4H3,(H,26,27). The summed E-state index contributed by atoms with van der Waals surface area (Å²) in [7, 11) is 0. The van der Waals surface area contributed by atoms with Crippen LogP contribution in [0, 0.1) is 13.8 Å². The number of aryl methyl sites for hydroxylation is 1. The van der Waals surface area contributed by atoms with Gasteiger partial charge in [-0.15, -0.1) is 0 Å². The van der Waals surface area contributed by atoms with Gasteiger partial charge in [-0.3, -0.25) is 14.6 Å². The third-order valence-electron chi connectivity index (χ3n) is 5.83. The third-order valence-corrected chi connectivity index (χ3v) is 5.83. The molecule has 8 nitrogen and oxygen atoms in total. The van der Waals surface area contributed by atoms with Crippen molar-refractivity contribution in [1.82, 2.24) is 24.7 Å². The molecule has 0 bridgehead atoms. The summed E-state index contributed by atoms with van der Waals surface area (Å²) in [6.45, 7) is 8.74. The van der Waals surface area contributed by atoms with Gasteiger partial charge in [-0.2, -0.15) is 5.10 Å². The summed E-state index contributed by atoms with van der Waals surface area (Å²) >= 11 is 0. The summed E-state index contributed by atoms with van der Waals surface area (Å²) in [5.41, 5.74) is 5.06. The summed E-state index contributed by atoms with van der Waals surface area (Å²) in [6.07, 6.45) is 8.38.